The Bertz CT molecular complexity index is 598. The molecule has 0 saturated heterocycles. The van der Waals surface area contributed by atoms with Crippen LogP contribution >= 0.6 is 0 Å². The van der Waals surface area contributed by atoms with Crippen molar-refractivity contribution in [1.82, 2.24) is 0 Å². The number of hydrogen-bond donors (Lipinski definition) is 1. The number of carbonyl (C=O) groups excluding carboxylic acids is 1. The zero-order valence-corrected chi connectivity index (χ0v) is 14.5. The number of para-hydroxylation sites is 1. The highest BCUT2D eigenvalue weighted by molar-refractivity contribution is 5.92. The lowest BCUT2D eigenvalue weighted by molar-refractivity contribution is 0.0583. The molecule has 126 valence electrons. The Hall–Kier alpha value is -1.55. The van der Waals surface area contributed by atoms with Crippen LogP contribution in [0, 0.1) is 0 Å². The van der Waals surface area contributed by atoms with E-state index in [1.54, 1.807) is 4.90 Å². The normalized spacial score (nSPS) is 20.3. The second-order valence-electron chi connectivity index (χ2n) is 7.91. The number of fused-ring (bicyclic) bond motifs is 1. The van der Waals surface area contributed by atoms with Gasteiger partial charge in [0.1, 0.15) is 5.60 Å². The monoisotopic (exact) mass is 316 g/mol. The highest BCUT2D eigenvalue weighted by Crippen LogP contribution is 2.43. The molecular formula is C19H28N2O2. The minimum Gasteiger partial charge on any atom is -0.443 e. The van der Waals surface area contributed by atoms with Crippen LogP contribution in [0.25, 0.3) is 0 Å². The van der Waals surface area contributed by atoms with Gasteiger partial charge >= 0.3 is 6.09 Å². The van der Waals surface area contributed by atoms with Gasteiger partial charge in [0, 0.05) is 12.1 Å². The van der Waals surface area contributed by atoms with Crippen molar-refractivity contribution >= 4 is 11.8 Å². The Morgan fingerprint density at radius 3 is 2.57 bits per heavy atom. The number of anilines is 1. The summed E-state index contributed by atoms with van der Waals surface area (Å²) in [6.07, 6.45) is 6.17. The van der Waals surface area contributed by atoms with Crippen molar-refractivity contribution in [2.24, 2.45) is 5.73 Å². The lowest BCUT2D eigenvalue weighted by atomic mass is 9.76. The first-order valence-corrected chi connectivity index (χ1v) is 8.72. The molecule has 0 atom stereocenters. The first-order chi connectivity index (χ1) is 10.8. The van der Waals surface area contributed by atoms with Gasteiger partial charge in [-0.15, -0.1) is 0 Å². The maximum atomic E-state index is 12.6. The van der Waals surface area contributed by atoms with Crippen LogP contribution in [0.1, 0.15) is 64.0 Å². The summed E-state index contributed by atoms with van der Waals surface area (Å²) in [5.41, 5.74) is 9.31. The smallest absolute Gasteiger partial charge is 0.414 e. The van der Waals surface area contributed by atoms with E-state index in [1.165, 1.54) is 12.0 Å². The van der Waals surface area contributed by atoms with Gasteiger partial charge in [0.25, 0.3) is 0 Å². The van der Waals surface area contributed by atoms with E-state index in [9.17, 15) is 4.79 Å². The fraction of sp³-hybridized carbons (Fsp3) is 0.632. The molecule has 4 nitrogen and oxygen atoms in total. The van der Waals surface area contributed by atoms with Gasteiger partial charge in [0.15, 0.2) is 0 Å². The van der Waals surface area contributed by atoms with Crippen LogP contribution in [0.3, 0.4) is 0 Å². The molecule has 1 aromatic carbocycles. The molecule has 1 aliphatic heterocycles. The minimum atomic E-state index is -0.486. The molecule has 1 aromatic rings. The van der Waals surface area contributed by atoms with Gasteiger partial charge in [-0.05, 0) is 51.2 Å². The Balaban J connectivity index is 1.96. The quantitative estimate of drug-likeness (QED) is 0.848. The van der Waals surface area contributed by atoms with Gasteiger partial charge in [0.2, 0.25) is 0 Å². The third-order valence-corrected chi connectivity index (χ3v) is 4.89. The van der Waals surface area contributed by atoms with Gasteiger partial charge in [-0.2, -0.15) is 0 Å². The fourth-order valence-corrected chi connectivity index (χ4v) is 3.81. The lowest BCUT2D eigenvalue weighted by Gasteiger charge is -2.37. The topological polar surface area (TPSA) is 55.6 Å². The summed E-state index contributed by atoms with van der Waals surface area (Å²) in [7, 11) is 0. The summed E-state index contributed by atoms with van der Waals surface area (Å²) in [5.74, 6) is 0. The number of ether oxygens (including phenoxy) is 1. The summed E-state index contributed by atoms with van der Waals surface area (Å²) in [4.78, 5) is 14.4. The van der Waals surface area contributed by atoms with Crippen LogP contribution < -0.4 is 10.6 Å². The van der Waals surface area contributed by atoms with Crippen molar-refractivity contribution in [3.05, 3.63) is 29.3 Å². The van der Waals surface area contributed by atoms with E-state index < -0.39 is 5.60 Å². The Morgan fingerprint density at radius 2 is 1.91 bits per heavy atom. The number of hydrogen-bond acceptors (Lipinski definition) is 3. The van der Waals surface area contributed by atoms with Gasteiger partial charge in [-0.1, -0.05) is 37.5 Å². The average molecular weight is 316 g/mol. The van der Waals surface area contributed by atoms with Gasteiger partial charge in [-0.25, -0.2) is 4.79 Å². The standard InChI is InChI=1S/C19H28N2O2/c1-18(2,3)23-17(22)21-13-10-14-8-7-9-15(16(14)21)19(20)11-5-4-6-12-19/h7-9H,4-6,10-13,20H2,1-3H3. The van der Waals surface area contributed by atoms with Gasteiger partial charge < -0.3 is 10.5 Å². The van der Waals surface area contributed by atoms with E-state index in [-0.39, 0.29) is 11.6 Å². The summed E-state index contributed by atoms with van der Waals surface area (Å²) in [6.45, 7) is 6.38. The predicted molar refractivity (Wildman–Crippen MR) is 92.7 cm³/mol. The van der Waals surface area contributed by atoms with E-state index in [0.29, 0.717) is 6.54 Å². The molecule has 3 rings (SSSR count). The molecule has 0 radical (unpaired) electrons. The first-order valence-electron chi connectivity index (χ1n) is 8.72. The molecule has 1 saturated carbocycles. The molecule has 2 aliphatic rings. The molecular weight excluding hydrogens is 288 g/mol. The number of nitrogens with zero attached hydrogens (tertiary/aromatic N) is 1. The third kappa shape index (κ3) is 3.23. The molecule has 1 amide bonds. The minimum absolute atomic E-state index is 0.261. The number of carbonyl (C=O) groups is 1. The number of nitrogens with two attached hydrogens (primary N) is 1. The van der Waals surface area contributed by atoms with Crippen molar-refractivity contribution in [3.8, 4) is 0 Å². The molecule has 2 N–H and O–H groups in total. The zero-order valence-electron chi connectivity index (χ0n) is 14.5. The van der Waals surface area contributed by atoms with Crippen molar-refractivity contribution in [1.29, 1.82) is 0 Å². The molecule has 0 unspecified atom stereocenters. The molecule has 0 bridgehead atoms. The Labute approximate surface area is 139 Å². The predicted octanol–water partition coefficient (Wildman–Crippen LogP) is 4.10. The number of rotatable bonds is 1. The van der Waals surface area contributed by atoms with Crippen molar-refractivity contribution in [3.63, 3.8) is 0 Å². The summed E-state index contributed by atoms with van der Waals surface area (Å²) in [6, 6.07) is 6.29. The largest absolute Gasteiger partial charge is 0.443 e. The first kappa shape index (κ1) is 16.3. The van der Waals surface area contributed by atoms with E-state index in [2.05, 4.69) is 18.2 Å². The van der Waals surface area contributed by atoms with Crippen molar-refractivity contribution < 1.29 is 9.53 Å². The van der Waals surface area contributed by atoms with Crippen LogP contribution in [-0.2, 0) is 16.7 Å². The second-order valence-corrected chi connectivity index (χ2v) is 7.91. The molecule has 23 heavy (non-hydrogen) atoms. The lowest BCUT2D eigenvalue weighted by Crippen LogP contribution is -2.42. The van der Waals surface area contributed by atoms with Crippen LogP contribution in [0.5, 0.6) is 0 Å². The number of benzene rings is 1. The summed E-state index contributed by atoms with van der Waals surface area (Å²) >= 11 is 0. The molecule has 1 heterocycles. The van der Waals surface area contributed by atoms with Crippen molar-refractivity contribution in [2.75, 3.05) is 11.4 Å². The maximum Gasteiger partial charge on any atom is 0.414 e. The van der Waals surface area contributed by atoms with Crippen LogP contribution in [0.2, 0.25) is 0 Å². The molecule has 0 aromatic heterocycles. The van der Waals surface area contributed by atoms with Crippen LogP contribution in [0.4, 0.5) is 10.5 Å². The summed E-state index contributed by atoms with van der Waals surface area (Å²) in [5, 5.41) is 0. The third-order valence-electron chi connectivity index (χ3n) is 4.89. The Kier molecular flexibility index (Phi) is 4.13. The zero-order chi connectivity index (χ0) is 16.7. The van der Waals surface area contributed by atoms with Crippen molar-refractivity contribution in [2.45, 2.75) is 70.4 Å². The van der Waals surface area contributed by atoms with Crippen LogP contribution in [-0.4, -0.2) is 18.2 Å². The van der Waals surface area contributed by atoms with E-state index in [4.69, 9.17) is 10.5 Å². The average Bonchev–Trinajstić information content (AvgIpc) is 2.90. The SMILES string of the molecule is CC(C)(C)OC(=O)N1CCc2cccc(C3(N)CCCCC3)c21. The molecule has 0 spiro atoms. The maximum absolute atomic E-state index is 12.6. The Morgan fingerprint density at radius 1 is 1.22 bits per heavy atom. The van der Waals surface area contributed by atoms with Gasteiger partial charge in [-0.3, -0.25) is 4.90 Å². The summed E-state index contributed by atoms with van der Waals surface area (Å²) < 4.78 is 5.60. The highest BCUT2D eigenvalue weighted by Gasteiger charge is 2.38. The second kappa shape index (κ2) is 5.82. The van der Waals surface area contributed by atoms with E-state index >= 15 is 0 Å². The van der Waals surface area contributed by atoms with E-state index in [1.807, 2.05) is 20.8 Å². The molecule has 1 fully saturated rings. The van der Waals surface area contributed by atoms with Crippen LogP contribution in [0.15, 0.2) is 18.2 Å². The molecule has 1 aliphatic carbocycles. The number of amides is 1. The van der Waals surface area contributed by atoms with E-state index in [0.717, 1.165) is 43.4 Å². The van der Waals surface area contributed by atoms with Gasteiger partial charge in [0.05, 0.1) is 5.69 Å². The fourth-order valence-electron chi connectivity index (χ4n) is 3.81. The highest BCUT2D eigenvalue weighted by atomic mass is 16.6. The molecule has 4 heteroatoms.